The normalized spacial score (nSPS) is 23.1. The largest absolute Gasteiger partial charge is 0.379 e. The van der Waals surface area contributed by atoms with Crippen LogP contribution in [0.1, 0.15) is 5.56 Å². The van der Waals surface area contributed by atoms with E-state index in [1.165, 1.54) is 0 Å². The van der Waals surface area contributed by atoms with Crippen molar-refractivity contribution in [2.24, 2.45) is 5.92 Å². The molecule has 0 aromatic carbocycles. The maximum Gasteiger partial charge on any atom is 0.231 e. The highest BCUT2D eigenvalue weighted by atomic mass is 79.9. The van der Waals surface area contributed by atoms with E-state index in [4.69, 9.17) is 4.74 Å². The van der Waals surface area contributed by atoms with Gasteiger partial charge in [0.15, 0.2) is 0 Å². The first-order valence-corrected chi connectivity index (χ1v) is 6.59. The van der Waals surface area contributed by atoms with E-state index in [0.717, 1.165) is 10.2 Å². The van der Waals surface area contributed by atoms with Crippen molar-refractivity contribution in [3.63, 3.8) is 0 Å². The van der Waals surface area contributed by atoms with E-state index in [9.17, 15) is 4.79 Å². The summed E-state index contributed by atoms with van der Waals surface area (Å²) in [5, 5.41) is 5.97. The van der Waals surface area contributed by atoms with E-state index in [1.54, 1.807) is 6.20 Å². The van der Waals surface area contributed by atoms with Crippen LogP contribution in [0.25, 0.3) is 0 Å². The van der Waals surface area contributed by atoms with Gasteiger partial charge in [-0.2, -0.15) is 0 Å². The lowest BCUT2D eigenvalue weighted by Crippen LogP contribution is -2.39. The minimum atomic E-state index is -0.154. The average molecular weight is 314 g/mol. The maximum absolute atomic E-state index is 12.1. The molecule has 5 nitrogen and oxygen atoms in total. The lowest BCUT2D eigenvalue weighted by Gasteiger charge is -2.16. The molecule has 0 spiro atoms. The molecule has 1 saturated heterocycles. The minimum Gasteiger partial charge on any atom is -0.379 e. The van der Waals surface area contributed by atoms with Gasteiger partial charge in [0.2, 0.25) is 5.91 Å². The standard InChI is InChI=1S/C12H16BrN3O2/c1-7-3-8(4-15-11(7)13)16-12(17)9-5-18-6-10(9)14-2/h3-4,9-10,14H,5-6H2,1-2H3,(H,16,17). The van der Waals surface area contributed by atoms with Crippen molar-refractivity contribution in [1.29, 1.82) is 0 Å². The Labute approximate surface area is 114 Å². The van der Waals surface area contributed by atoms with Crippen LogP contribution in [0, 0.1) is 12.8 Å². The van der Waals surface area contributed by atoms with E-state index >= 15 is 0 Å². The molecule has 2 rings (SSSR count). The number of aromatic nitrogens is 1. The lowest BCUT2D eigenvalue weighted by atomic mass is 10.0. The molecular weight excluding hydrogens is 298 g/mol. The minimum absolute atomic E-state index is 0.0321. The van der Waals surface area contributed by atoms with Crippen LogP contribution >= 0.6 is 15.9 Å². The zero-order chi connectivity index (χ0) is 13.1. The fourth-order valence-corrected chi connectivity index (χ4v) is 2.18. The molecule has 0 aliphatic carbocycles. The van der Waals surface area contributed by atoms with Crippen molar-refractivity contribution in [3.8, 4) is 0 Å². The van der Waals surface area contributed by atoms with Gasteiger partial charge in [0.1, 0.15) is 4.60 Å². The highest BCUT2D eigenvalue weighted by Crippen LogP contribution is 2.19. The number of hydrogen-bond donors (Lipinski definition) is 2. The Kier molecular flexibility index (Phi) is 4.31. The van der Waals surface area contributed by atoms with Gasteiger partial charge < -0.3 is 15.4 Å². The number of pyridine rings is 1. The van der Waals surface area contributed by atoms with Gasteiger partial charge in [-0.15, -0.1) is 0 Å². The number of aryl methyl sites for hydroxylation is 1. The smallest absolute Gasteiger partial charge is 0.231 e. The highest BCUT2D eigenvalue weighted by molar-refractivity contribution is 9.10. The number of nitrogens with one attached hydrogen (secondary N) is 2. The third-order valence-electron chi connectivity index (χ3n) is 3.07. The Morgan fingerprint density at radius 1 is 1.56 bits per heavy atom. The molecule has 2 N–H and O–H groups in total. The van der Waals surface area contributed by atoms with Gasteiger partial charge in [0.05, 0.1) is 31.0 Å². The molecule has 2 heterocycles. The second kappa shape index (κ2) is 5.77. The summed E-state index contributed by atoms with van der Waals surface area (Å²) in [7, 11) is 1.84. The van der Waals surface area contributed by atoms with E-state index in [-0.39, 0.29) is 17.9 Å². The first-order chi connectivity index (χ1) is 8.61. The van der Waals surface area contributed by atoms with Gasteiger partial charge in [-0.3, -0.25) is 4.79 Å². The summed E-state index contributed by atoms with van der Waals surface area (Å²) in [5.74, 6) is -0.186. The van der Waals surface area contributed by atoms with Gasteiger partial charge in [0.25, 0.3) is 0 Å². The SMILES string of the molecule is CNC1COCC1C(=O)Nc1cnc(Br)c(C)c1. The lowest BCUT2D eigenvalue weighted by molar-refractivity contribution is -0.120. The fraction of sp³-hybridized carbons (Fsp3) is 0.500. The van der Waals surface area contributed by atoms with E-state index in [0.29, 0.717) is 18.9 Å². The van der Waals surface area contributed by atoms with E-state index < -0.39 is 0 Å². The molecule has 1 aromatic heterocycles. The molecular formula is C12H16BrN3O2. The van der Waals surface area contributed by atoms with Gasteiger partial charge in [-0.25, -0.2) is 4.98 Å². The average Bonchev–Trinajstić information content (AvgIpc) is 2.82. The van der Waals surface area contributed by atoms with Crippen LogP contribution in [0.4, 0.5) is 5.69 Å². The Morgan fingerprint density at radius 3 is 3.00 bits per heavy atom. The number of ether oxygens (including phenoxy) is 1. The molecule has 98 valence electrons. The van der Waals surface area contributed by atoms with Crippen molar-refractivity contribution < 1.29 is 9.53 Å². The Balaban J connectivity index is 2.04. The number of rotatable bonds is 3. The van der Waals surface area contributed by atoms with Crippen LogP contribution in [0.3, 0.4) is 0 Å². The number of anilines is 1. The Hall–Kier alpha value is -0.980. The van der Waals surface area contributed by atoms with Crippen molar-refractivity contribution in [3.05, 3.63) is 22.4 Å². The second-order valence-electron chi connectivity index (χ2n) is 4.36. The maximum atomic E-state index is 12.1. The zero-order valence-electron chi connectivity index (χ0n) is 10.4. The molecule has 1 aliphatic rings. The number of carbonyl (C=O) groups excluding carboxylic acids is 1. The summed E-state index contributed by atoms with van der Waals surface area (Å²) in [6.45, 7) is 2.97. The summed E-state index contributed by atoms with van der Waals surface area (Å²) in [5.41, 5.74) is 1.70. The number of halogens is 1. The Morgan fingerprint density at radius 2 is 2.33 bits per heavy atom. The number of nitrogens with zero attached hydrogens (tertiary/aromatic N) is 1. The van der Waals surface area contributed by atoms with E-state index in [2.05, 4.69) is 31.5 Å². The Bertz CT molecular complexity index is 453. The van der Waals surface area contributed by atoms with Crippen LogP contribution in [0.2, 0.25) is 0 Å². The molecule has 1 aliphatic heterocycles. The van der Waals surface area contributed by atoms with Crippen molar-refractivity contribution in [1.82, 2.24) is 10.3 Å². The van der Waals surface area contributed by atoms with Crippen LogP contribution in [0.15, 0.2) is 16.9 Å². The number of hydrogen-bond acceptors (Lipinski definition) is 4. The van der Waals surface area contributed by atoms with Crippen LogP contribution in [0.5, 0.6) is 0 Å². The topological polar surface area (TPSA) is 63.2 Å². The predicted octanol–water partition coefficient (Wildman–Crippen LogP) is 1.33. The molecule has 0 bridgehead atoms. The van der Waals surface area contributed by atoms with Crippen LogP contribution in [-0.2, 0) is 9.53 Å². The summed E-state index contributed by atoms with van der Waals surface area (Å²) in [4.78, 5) is 16.3. The summed E-state index contributed by atoms with van der Waals surface area (Å²) < 4.78 is 6.11. The van der Waals surface area contributed by atoms with Gasteiger partial charge in [-0.1, -0.05) is 0 Å². The third-order valence-corrected chi connectivity index (χ3v) is 3.90. The summed E-state index contributed by atoms with van der Waals surface area (Å²) in [6.07, 6.45) is 1.64. The molecule has 0 radical (unpaired) electrons. The number of likely N-dealkylation sites (N-methyl/N-ethyl adjacent to an activating group) is 1. The fourth-order valence-electron chi connectivity index (χ4n) is 1.96. The molecule has 6 heteroatoms. The molecule has 0 saturated carbocycles. The molecule has 18 heavy (non-hydrogen) atoms. The monoisotopic (exact) mass is 313 g/mol. The van der Waals surface area contributed by atoms with Gasteiger partial charge in [-0.05, 0) is 41.5 Å². The van der Waals surface area contributed by atoms with Gasteiger partial charge in [0, 0.05) is 6.04 Å². The zero-order valence-corrected chi connectivity index (χ0v) is 12.0. The second-order valence-corrected chi connectivity index (χ2v) is 5.11. The van der Waals surface area contributed by atoms with Crippen molar-refractivity contribution >= 4 is 27.5 Å². The van der Waals surface area contributed by atoms with Crippen LogP contribution < -0.4 is 10.6 Å². The highest BCUT2D eigenvalue weighted by Gasteiger charge is 2.32. The molecule has 1 fully saturated rings. The van der Waals surface area contributed by atoms with Crippen molar-refractivity contribution in [2.75, 3.05) is 25.6 Å². The number of carbonyl (C=O) groups is 1. The third kappa shape index (κ3) is 2.88. The van der Waals surface area contributed by atoms with Gasteiger partial charge >= 0.3 is 0 Å². The molecule has 2 atom stereocenters. The molecule has 2 unspecified atom stereocenters. The van der Waals surface area contributed by atoms with E-state index in [1.807, 2.05) is 20.0 Å². The van der Waals surface area contributed by atoms with Crippen molar-refractivity contribution in [2.45, 2.75) is 13.0 Å². The summed E-state index contributed by atoms with van der Waals surface area (Å²) >= 11 is 3.33. The quantitative estimate of drug-likeness (QED) is 0.826. The van der Waals surface area contributed by atoms with Crippen LogP contribution in [-0.4, -0.2) is 37.2 Å². The molecule has 1 amide bonds. The first-order valence-electron chi connectivity index (χ1n) is 5.80. The molecule has 1 aromatic rings. The first kappa shape index (κ1) is 13.5. The summed E-state index contributed by atoms with van der Waals surface area (Å²) in [6, 6.07) is 1.97. The number of amides is 1. The predicted molar refractivity (Wildman–Crippen MR) is 72.5 cm³/mol.